The van der Waals surface area contributed by atoms with Gasteiger partial charge in [-0.05, 0) is 56.2 Å². The van der Waals surface area contributed by atoms with Crippen LogP contribution in [0.25, 0.3) is 12.2 Å². The third-order valence-corrected chi connectivity index (χ3v) is 3.26. The lowest BCUT2D eigenvalue weighted by atomic mass is 9.99. The summed E-state index contributed by atoms with van der Waals surface area (Å²) in [5, 5.41) is 10.2. The van der Waals surface area contributed by atoms with E-state index < -0.39 is 0 Å². The number of aldehydes is 1. The van der Waals surface area contributed by atoms with Gasteiger partial charge in [0.1, 0.15) is 12.0 Å². The van der Waals surface area contributed by atoms with Crippen LogP contribution in [-0.2, 0) is 6.42 Å². The Morgan fingerprint density at radius 2 is 2.05 bits per heavy atom. The normalized spacial score (nSPS) is 10.6. The number of rotatable bonds is 5. The molecule has 3 nitrogen and oxygen atoms in total. The highest BCUT2D eigenvalue weighted by Crippen LogP contribution is 2.25. The zero-order valence-electron chi connectivity index (χ0n) is 12.8. The fourth-order valence-electron chi connectivity index (χ4n) is 2.09. The quantitative estimate of drug-likeness (QED) is 0.661. The lowest BCUT2D eigenvalue weighted by Gasteiger charge is -2.07. The van der Waals surface area contributed by atoms with Crippen molar-refractivity contribution in [3.63, 3.8) is 0 Å². The smallest absolute Gasteiger partial charge is 0.150 e. The Bertz CT molecular complexity index is 712. The first kappa shape index (κ1) is 15.7. The van der Waals surface area contributed by atoms with E-state index in [0.717, 1.165) is 23.1 Å². The van der Waals surface area contributed by atoms with Gasteiger partial charge in [0.05, 0.1) is 5.69 Å². The van der Waals surface area contributed by atoms with Crippen molar-refractivity contribution in [1.29, 1.82) is 0 Å². The van der Waals surface area contributed by atoms with E-state index in [0.29, 0.717) is 17.5 Å². The predicted molar refractivity (Wildman–Crippen MR) is 89.8 cm³/mol. The van der Waals surface area contributed by atoms with Gasteiger partial charge in [0.15, 0.2) is 0 Å². The number of pyridine rings is 1. The Morgan fingerprint density at radius 1 is 1.23 bits per heavy atom. The highest BCUT2D eigenvalue weighted by atomic mass is 16.3. The number of carbonyl (C=O) groups is 1. The molecule has 0 bridgehead atoms. The molecule has 112 valence electrons. The van der Waals surface area contributed by atoms with Crippen molar-refractivity contribution in [3.8, 4) is 5.75 Å². The first-order valence-electron chi connectivity index (χ1n) is 7.13. The number of aromatic nitrogens is 1. The van der Waals surface area contributed by atoms with Crippen LogP contribution < -0.4 is 0 Å². The number of nitrogens with zero attached hydrogens (tertiary/aromatic N) is 1. The standard InChI is InChI=1S/C19H19NO2/c1-14(2)6-9-18-16(13-21)11-15(12-19(18)22)7-8-17-5-3-4-10-20-17/h3-8,10-13,22H,9H2,1-2H3/b8-7+. The first-order valence-corrected chi connectivity index (χ1v) is 7.13. The zero-order chi connectivity index (χ0) is 15.9. The third-order valence-electron chi connectivity index (χ3n) is 3.26. The van der Waals surface area contributed by atoms with Crippen molar-refractivity contribution >= 4 is 18.4 Å². The van der Waals surface area contributed by atoms with Crippen LogP contribution in [0, 0.1) is 0 Å². The topological polar surface area (TPSA) is 50.2 Å². The van der Waals surface area contributed by atoms with Crippen molar-refractivity contribution in [2.45, 2.75) is 20.3 Å². The first-order chi connectivity index (χ1) is 10.6. The molecule has 2 aromatic rings. The SMILES string of the molecule is CC(C)=CCc1c(O)cc(/C=C/c2ccccn2)cc1C=O. The molecule has 0 saturated carbocycles. The molecule has 0 unspecified atom stereocenters. The van der Waals surface area contributed by atoms with E-state index in [-0.39, 0.29) is 5.75 Å². The van der Waals surface area contributed by atoms with Crippen LogP contribution >= 0.6 is 0 Å². The second kappa shape index (κ2) is 7.36. The number of phenolic OH excluding ortho intramolecular Hbond substituents is 1. The van der Waals surface area contributed by atoms with Crippen molar-refractivity contribution < 1.29 is 9.90 Å². The predicted octanol–water partition coefficient (Wildman–Crippen LogP) is 4.28. The molecule has 1 N–H and O–H groups in total. The Kier molecular flexibility index (Phi) is 5.26. The van der Waals surface area contributed by atoms with Crippen LogP contribution in [-0.4, -0.2) is 16.4 Å². The molecule has 1 heterocycles. The van der Waals surface area contributed by atoms with Crippen LogP contribution in [0.4, 0.5) is 0 Å². The minimum atomic E-state index is 0.141. The lowest BCUT2D eigenvalue weighted by Crippen LogP contribution is -1.94. The Balaban J connectivity index is 2.31. The molecule has 0 aliphatic carbocycles. The maximum absolute atomic E-state index is 11.3. The average molecular weight is 293 g/mol. The second-order valence-electron chi connectivity index (χ2n) is 5.30. The number of phenols is 1. The summed E-state index contributed by atoms with van der Waals surface area (Å²) in [7, 11) is 0. The van der Waals surface area contributed by atoms with Crippen LogP contribution in [0.3, 0.4) is 0 Å². The summed E-state index contributed by atoms with van der Waals surface area (Å²) in [6.45, 7) is 3.98. The number of benzene rings is 1. The van der Waals surface area contributed by atoms with Gasteiger partial charge in [-0.15, -0.1) is 0 Å². The maximum atomic E-state index is 11.3. The highest BCUT2D eigenvalue weighted by Gasteiger charge is 2.08. The summed E-state index contributed by atoms with van der Waals surface area (Å²) in [4.78, 5) is 15.5. The van der Waals surface area contributed by atoms with Gasteiger partial charge in [0.2, 0.25) is 0 Å². The van der Waals surface area contributed by atoms with Gasteiger partial charge >= 0.3 is 0 Å². The maximum Gasteiger partial charge on any atom is 0.150 e. The summed E-state index contributed by atoms with van der Waals surface area (Å²) in [5.41, 5.74) is 3.91. The molecular formula is C19H19NO2. The van der Waals surface area contributed by atoms with E-state index in [1.165, 1.54) is 0 Å². The van der Waals surface area contributed by atoms with Gasteiger partial charge in [-0.2, -0.15) is 0 Å². The van der Waals surface area contributed by atoms with Crippen molar-refractivity contribution in [2.24, 2.45) is 0 Å². The molecule has 22 heavy (non-hydrogen) atoms. The Hall–Kier alpha value is -2.68. The van der Waals surface area contributed by atoms with Gasteiger partial charge in [-0.1, -0.05) is 23.8 Å². The summed E-state index contributed by atoms with van der Waals surface area (Å²) < 4.78 is 0. The molecule has 1 aromatic carbocycles. The molecule has 0 fully saturated rings. The molecule has 0 amide bonds. The molecule has 1 aromatic heterocycles. The zero-order valence-corrected chi connectivity index (χ0v) is 12.8. The molecule has 0 atom stereocenters. The second-order valence-corrected chi connectivity index (χ2v) is 5.30. The molecule has 2 rings (SSSR count). The number of hydrogen-bond donors (Lipinski definition) is 1. The van der Waals surface area contributed by atoms with Gasteiger partial charge in [-0.3, -0.25) is 9.78 Å². The van der Waals surface area contributed by atoms with Gasteiger partial charge in [0.25, 0.3) is 0 Å². The molecule has 0 aliphatic rings. The highest BCUT2D eigenvalue weighted by molar-refractivity contribution is 5.82. The summed E-state index contributed by atoms with van der Waals surface area (Å²) >= 11 is 0. The lowest BCUT2D eigenvalue weighted by molar-refractivity contribution is 0.112. The van der Waals surface area contributed by atoms with E-state index in [1.54, 1.807) is 18.3 Å². The molecule has 0 saturated heterocycles. The van der Waals surface area contributed by atoms with Crippen LogP contribution in [0.2, 0.25) is 0 Å². The van der Waals surface area contributed by atoms with Crippen molar-refractivity contribution in [1.82, 2.24) is 4.98 Å². The van der Waals surface area contributed by atoms with Crippen molar-refractivity contribution in [2.75, 3.05) is 0 Å². The fraction of sp³-hybridized carbons (Fsp3) is 0.158. The van der Waals surface area contributed by atoms with Crippen LogP contribution in [0.15, 0.2) is 48.2 Å². The monoisotopic (exact) mass is 293 g/mol. The average Bonchev–Trinajstić information content (AvgIpc) is 2.52. The fourth-order valence-corrected chi connectivity index (χ4v) is 2.09. The van der Waals surface area contributed by atoms with Gasteiger partial charge in [-0.25, -0.2) is 0 Å². The molecule has 0 spiro atoms. The summed E-state index contributed by atoms with van der Waals surface area (Å²) in [5.74, 6) is 0.141. The molecule has 0 aliphatic heterocycles. The van der Waals surface area contributed by atoms with E-state index in [2.05, 4.69) is 4.98 Å². The van der Waals surface area contributed by atoms with Crippen LogP contribution in [0.1, 0.15) is 41.0 Å². The third kappa shape index (κ3) is 4.16. The molecule has 3 heteroatoms. The Morgan fingerprint density at radius 3 is 2.68 bits per heavy atom. The van der Waals surface area contributed by atoms with Gasteiger partial charge < -0.3 is 5.11 Å². The van der Waals surface area contributed by atoms with Crippen LogP contribution in [0.5, 0.6) is 5.75 Å². The van der Waals surface area contributed by atoms with E-state index >= 15 is 0 Å². The largest absolute Gasteiger partial charge is 0.508 e. The van der Waals surface area contributed by atoms with Crippen molar-refractivity contribution in [3.05, 3.63) is 70.6 Å². The number of aromatic hydroxyl groups is 1. The minimum Gasteiger partial charge on any atom is -0.508 e. The minimum absolute atomic E-state index is 0.141. The van der Waals surface area contributed by atoms with E-state index in [4.69, 9.17) is 0 Å². The number of carbonyl (C=O) groups excluding carboxylic acids is 1. The van der Waals surface area contributed by atoms with E-state index in [9.17, 15) is 9.90 Å². The molecular weight excluding hydrogens is 274 g/mol. The number of hydrogen-bond acceptors (Lipinski definition) is 3. The van der Waals surface area contributed by atoms with Gasteiger partial charge in [0, 0.05) is 17.3 Å². The number of allylic oxidation sites excluding steroid dienone is 2. The van der Waals surface area contributed by atoms with E-state index in [1.807, 2.05) is 50.3 Å². The molecule has 0 radical (unpaired) electrons. The summed E-state index contributed by atoms with van der Waals surface area (Å²) in [6, 6.07) is 9.09. The Labute approximate surface area is 130 Å². The summed E-state index contributed by atoms with van der Waals surface area (Å²) in [6.07, 6.45) is 8.72.